The Kier molecular flexibility index (Phi) is 4.22. The molecule has 2 aromatic rings. The third-order valence-corrected chi connectivity index (χ3v) is 18.8. The number of hydrogen-bond donors (Lipinski definition) is 1. The second kappa shape index (κ2) is 6.47. The summed E-state index contributed by atoms with van der Waals surface area (Å²) in [5, 5.41) is 1.94. The summed E-state index contributed by atoms with van der Waals surface area (Å²) >= 11 is 5.47. The molecule has 0 saturated carbocycles. The third kappa shape index (κ3) is 2.59. The number of alkyl halides is 1. The van der Waals surface area contributed by atoms with Crippen LogP contribution in [0.4, 0.5) is 4.79 Å². The van der Waals surface area contributed by atoms with Gasteiger partial charge in [-0.05, 0) is 0 Å². The fourth-order valence-electron chi connectivity index (χ4n) is 4.53. The molecule has 0 spiro atoms. The van der Waals surface area contributed by atoms with Crippen molar-refractivity contribution in [1.82, 2.24) is 5.32 Å². The maximum absolute atomic E-state index is 12.4. The van der Waals surface area contributed by atoms with Crippen molar-refractivity contribution >= 4 is 65.3 Å². The van der Waals surface area contributed by atoms with Gasteiger partial charge in [-0.2, -0.15) is 0 Å². The van der Waals surface area contributed by atoms with Crippen molar-refractivity contribution in [2.75, 3.05) is 0 Å². The molecule has 4 bridgehead atoms. The molecule has 3 nitrogen and oxygen atoms in total. The molecule has 3 unspecified atom stereocenters. The van der Waals surface area contributed by atoms with Gasteiger partial charge in [0, 0.05) is 0 Å². The first kappa shape index (κ1) is 17.0. The minimum absolute atomic E-state index is 0.0511. The SMILES string of the molecule is O=C1NC(=O)C([CH]2c3ccc[c]4c3C=[C](CC(Cl)c3ccccc3)[In]42)S1. The molecule has 6 heteroatoms. The molecule has 3 heterocycles. The molecule has 2 aromatic carbocycles. The Morgan fingerprint density at radius 1 is 1.12 bits per heavy atom. The molecule has 5 rings (SSSR count). The fourth-order valence-corrected chi connectivity index (χ4v) is 19.7. The first-order valence-corrected chi connectivity index (χ1v) is 15.2. The molecule has 2 amide bonds. The van der Waals surface area contributed by atoms with Crippen LogP contribution in [-0.2, 0) is 4.79 Å². The summed E-state index contributed by atoms with van der Waals surface area (Å²) in [6.07, 6.45) is 3.17. The van der Waals surface area contributed by atoms with E-state index in [-0.39, 0.29) is 25.4 Å². The maximum atomic E-state index is 12.4. The van der Waals surface area contributed by atoms with Crippen molar-refractivity contribution in [3.05, 3.63) is 68.6 Å². The molecule has 26 heavy (non-hydrogen) atoms. The Morgan fingerprint density at radius 2 is 1.92 bits per heavy atom. The number of allylic oxidation sites excluding steroid dienone is 1. The van der Waals surface area contributed by atoms with Crippen molar-refractivity contribution in [2.45, 2.75) is 20.7 Å². The van der Waals surface area contributed by atoms with Gasteiger partial charge in [-0.25, -0.2) is 0 Å². The molecule has 128 valence electrons. The first-order valence-electron chi connectivity index (χ1n) is 8.67. The number of carbonyl (C=O) groups is 2. The van der Waals surface area contributed by atoms with Gasteiger partial charge >= 0.3 is 170 Å². The fraction of sp³-hybridized carbons (Fsp3) is 0.200. The predicted molar refractivity (Wildman–Crippen MR) is 107 cm³/mol. The number of hydrogen-bond acceptors (Lipinski definition) is 3. The Bertz CT molecular complexity index is 962. The molecule has 3 aliphatic heterocycles. The molecular weight excluding hydrogens is 469 g/mol. The van der Waals surface area contributed by atoms with Crippen molar-refractivity contribution in [1.29, 1.82) is 0 Å². The van der Waals surface area contributed by atoms with E-state index in [9.17, 15) is 9.59 Å². The van der Waals surface area contributed by atoms with Crippen LogP contribution in [0.2, 0.25) is 0 Å². The number of imide groups is 1. The minimum atomic E-state index is -2.43. The standard InChI is InChI=1S/C20H15ClNO2S.In/c21-17(15-8-2-1-3-9-15)12-6-11-14-7-4-5-10-16(14)13-18-19(23)22-20(24)25-18;/h1-5,8-11,13,17-18H,12H2,(H,22,23,24);. The molecule has 3 aliphatic rings. The van der Waals surface area contributed by atoms with E-state index in [2.05, 4.69) is 41.7 Å². The van der Waals surface area contributed by atoms with Crippen LogP contribution in [0, 0.1) is 0 Å². The number of nitrogens with one attached hydrogen (secondary N) is 1. The third-order valence-electron chi connectivity index (χ3n) is 5.58. The molecule has 0 radical (unpaired) electrons. The molecule has 3 atom stereocenters. The van der Waals surface area contributed by atoms with E-state index in [1.807, 2.05) is 18.2 Å². The van der Waals surface area contributed by atoms with Gasteiger partial charge in [0.1, 0.15) is 0 Å². The first-order chi connectivity index (χ1) is 12.6. The summed E-state index contributed by atoms with van der Waals surface area (Å²) < 4.78 is 3.18. The second-order valence-corrected chi connectivity index (χ2v) is 17.3. The van der Waals surface area contributed by atoms with Crippen LogP contribution in [0.3, 0.4) is 0 Å². The Hall–Kier alpha value is -1.17. The zero-order valence-corrected chi connectivity index (χ0v) is 18.7. The summed E-state index contributed by atoms with van der Waals surface area (Å²) in [7, 11) is 0. The zero-order valence-electron chi connectivity index (χ0n) is 13.8. The monoisotopic (exact) mass is 483 g/mol. The second-order valence-electron chi connectivity index (χ2n) is 6.97. The molecule has 0 aliphatic carbocycles. The quantitative estimate of drug-likeness (QED) is 0.675. The van der Waals surface area contributed by atoms with E-state index >= 15 is 0 Å². The van der Waals surface area contributed by atoms with E-state index in [1.165, 1.54) is 29.5 Å². The molecule has 0 aromatic heterocycles. The summed E-state index contributed by atoms with van der Waals surface area (Å²) in [6, 6.07) is 16.6. The molecule has 1 N–H and O–H groups in total. The Morgan fingerprint density at radius 3 is 2.62 bits per heavy atom. The van der Waals surface area contributed by atoms with Crippen LogP contribution in [0.1, 0.15) is 32.2 Å². The van der Waals surface area contributed by atoms with Gasteiger partial charge in [0.2, 0.25) is 0 Å². The van der Waals surface area contributed by atoms with Crippen LogP contribution >= 0.6 is 23.4 Å². The van der Waals surface area contributed by atoms with Crippen molar-refractivity contribution in [2.24, 2.45) is 0 Å². The van der Waals surface area contributed by atoms with Gasteiger partial charge in [-0.3, -0.25) is 0 Å². The van der Waals surface area contributed by atoms with E-state index in [1.54, 1.807) is 0 Å². The molecule has 1 saturated heterocycles. The number of thioether (sulfide) groups is 1. The van der Waals surface area contributed by atoms with E-state index in [0.717, 1.165) is 12.0 Å². The summed E-state index contributed by atoms with van der Waals surface area (Å²) in [4.78, 5) is 24.1. The number of carbonyl (C=O) groups excluding carboxylic acids is 2. The zero-order chi connectivity index (χ0) is 17.8. The van der Waals surface area contributed by atoms with Crippen LogP contribution in [0.25, 0.3) is 6.08 Å². The van der Waals surface area contributed by atoms with Crippen LogP contribution in [0.15, 0.2) is 51.9 Å². The topological polar surface area (TPSA) is 46.2 Å². The van der Waals surface area contributed by atoms with Gasteiger partial charge in [-0.1, -0.05) is 0 Å². The average molecular weight is 484 g/mol. The van der Waals surface area contributed by atoms with E-state index < -0.39 is 21.4 Å². The van der Waals surface area contributed by atoms with Gasteiger partial charge in [-0.15, -0.1) is 0 Å². The Labute approximate surface area is 168 Å². The van der Waals surface area contributed by atoms with Gasteiger partial charge < -0.3 is 0 Å². The van der Waals surface area contributed by atoms with Crippen molar-refractivity contribution < 1.29 is 9.59 Å². The Balaban J connectivity index is 1.47. The predicted octanol–water partition coefficient (Wildman–Crippen LogP) is 3.68. The molecular formula is C20H15ClInNO2S. The summed E-state index contributed by atoms with van der Waals surface area (Å²) in [6.45, 7) is 0. The number of rotatable bonds is 4. The van der Waals surface area contributed by atoms with Gasteiger partial charge in [0.25, 0.3) is 0 Å². The van der Waals surface area contributed by atoms with Crippen LogP contribution in [0.5, 0.6) is 0 Å². The normalized spacial score (nSPS) is 24.0. The van der Waals surface area contributed by atoms with Gasteiger partial charge in [0.15, 0.2) is 0 Å². The van der Waals surface area contributed by atoms with Crippen molar-refractivity contribution in [3.8, 4) is 0 Å². The summed E-state index contributed by atoms with van der Waals surface area (Å²) in [5.41, 5.74) is 3.73. The summed E-state index contributed by atoms with van der Waals surface area (Å²) in [5.74, 6) is -0.119. The number of halogens is 1. The van der Waals surface area contributed by atoms with Crippen LogP contribution in [-0.4, -0.2) is 37.8 Å². The van der Waals surface area contributed by atoms with Gasteiger partial charge in [0.05, 0.1) is 0 Å². The van der Waals surface area contributed by atoms with E-state index in [4.69, 9.17) is 11.6 Å². The van der Waals surface area contributed by atoms with E-state index in [0.29, 0.717) is 0 Å². The molecule has 1 fully saturated rings. The van der Waals surface area contributed by atoms with Crippen LogP contribution < -0.4 is 8.64 Å². The number of benzene rings is 2. The number of amides is 2. The average Bonchev–Trinajstić information content (AvgIpc) is 3.21. The van der Waals surface area contributed by atoms with Crippen molar-refractivity contribution in [3.63, 3.8) is 0 Å².